The zero-order chi connectivity index (χ0) is 22.0. The summed E-state index contributed by atoms with van der Waals surface area (Å²) in [6.07, 6.45) is 4.07. The Balaban J connectivity index is 1.35. The zero-order valence-corrected chi connectivity index (χ0v) is 18.0. The number of rotatable bonds is 4. The van der Waals surface area contributed by atoms with Gasteiger partial charge in [0.25, 0.3) is 0 Å². The summed E-state index contributed by atoms with van der Waals surface area (Å²) in [6.45, 7) is 1.95. The third kappa shape index (κ3) is 2.49. The number of hydrogen-bond acceptors (Lipinski definition) is 6. The van der Waals surface area contributed by atoms with E-state index in [0.717, 1.165) is 51.3 Å². The van der Waals surface area contributed by atoms with Crippen molar-refractivity contribution in [3.05, 3.63) is 65.6 Å². The second-order valence-electron chi connectivity index (χ2n) is 8.53. The first-order valence-electron chi connectivity index (χ1n) is 10.5. The van der Waals surface area contributed by atoms with E-state index < -0.39 is 5.41 Å². The van der Waals surface area contributed by atoms with Crippen molar-refractivity contribution in [2.24, 2.45) is 0 Å². The van der Waals surface area contributed by atoms with Crippen LogP contribution in [0, 0.1) is 6.92 Å². The van der Waals surface area contributed by atoms with Crippen molar-refractivity contribution in [2.75, 3.05) is 24.4 Å². The van der Waals surface area contributed by atoms with Gasteiger partial charge in [-0.25, -0.2) is 9.97 Å². The van der Waals surface area contributed by atoms with Crippen molar-refractivity contribution >= 4 is 34.1 Å². The average Bonchev–Trinajstić information content (AvgIpc) is 3.40. The maximum atomic E-state index is 13.3. The van der Waals surface area contributed by atoms with Gasteiger partial charge in [0.05, 0.1) is 18.0 Å². The number of benzene rings is 2. The van der Waals surface area contributed by atoms with Crippen LogP contribution in [-0.2, 0) is 10.2 Å². The predicted molar refractivity (Wildman–Crippen MR) is 122 cm³/mol. The first-order chi connectivity index (χ1) is 15.5. The molecule has 2 aliphatic rings. The molecule has 1 aliphatic heterocycles. The van der Waals surface area contributed by atoms with Gasteiger partial charge in [-0.15, -0.1) is 0 Å². The van der Waals surface area contributed by atoms with E-state index in [9.17, 15) is 4.79 Å². The lowest BCUT2D eigenvalue weighted by atomic mass is 9.91. The Morgan fingerprint density at radius 3 is 2.91 bits per heavy atom. The molecule has 160 valence electrons. The third-order valence-corrected chi connectivity index (χ3v) is 6.81. The first kappa shape index (κ1) is 18.8. The standard InChI is InChI=1S/C24H22N6O2/c1-13-11-25-12-26-21(13)27-22-16-6-4-14(8-19(16)28-29-22)18-10-24(18)17-9-15(32-3)5-7-20(17)30(2)23(24)31/h4-9,11-12,18H,10H2,1-3H3,(H2,25,26,27,28,29)/t18-,24-/m0/s1. The molecule has 1 aliphatic carbocycles. The number of aryl methyl sites for hydroxylation is 1. The summed E-state index contributed by atoms with van der Waals surface area (Å²) in [6, 6.07) is 12.1. The predicted octanol–water partition coefficient (Wildman–Crippen LogP) is 3.82. The molecule has 6 rings (SSSR count). The fourth-order valence-electron chi connectivity index (χ4n) is 5.01. The van der Waals surface area contributed by atoms with Crippen LogP contribution in [0.15, 0.2) is 48.9 Å². The number of ether oxygens (including phenoxy) is 1. The van der Waals surface area contributed by atoms with Crippen molar-refractivity contribution in [3.63, 3.8) is 0 Å². The normalized spacial score (nSPS) is 21.3. The molecule has 2 aromatic carbocycles. The van der Waals surface area contributed by atoms with Gasteiger partial charge in [-0.3, -0.25) is 9.89 Å². The number of likely N-dealkylation sites (N-methyl/N-ethyl adjacent to an activating group) is 1. The molecule has 0 saturated heterocycles. The van der Waals surface area contributed by atoms with E-state index in [1.807, 2.05) is 32.2 Å². The molecule has 32 heavy (non-hydrogen) atoms. The van der Waals surface area contributed by atoms with Crippen LogP contribution in [0.1, 0.15) is 29.0 Å². The molecule has 0 unspecified atom stereocenters. The fourth-order valence-corrected chi connectivity index (χ4v) is 5.01. The van der Waals surface area contributed by atoms with E-state index in [4.69, 9.17) is 4.74 Å². The summed E-state index contributed by atoms with van der Waals surface area (Å²) >= 11 is 0. The molecule has 4 aromatic rings. The minimum Gasteiger partial charge on any atom is -0.497 e. The van der Waals surface area contributed by atoms with Crippen molar-refractivity contribution in [3.8, 4) is 5.75 Å². The van der Waals surface area contributed by atoms with E-state index in [1.165, 1.54) is 6.33 Å². The van der Waals surface area contributed by atoms with Crippen LogP contribution < -0.4 is 15.0 Å². The summed E-state index contributed by atoms with van der Waals surface area (Å²) in [5.41, 5.74) is 4.50. The summed E-state index contributed by atoms with van der Waals surface area (Å²) < 4.78 is 5.43. The topological polar surface area (TPSA) is 96.0 Å². The molecule has 0 bridgehead atoms. The number of fused-ring (bicyclic) bond motifs is 3. The molecule has 3 heterocycles. The van der Waals surface area contributed by atoms with Crippen LogP contribution in [0.3, 0.4) is 0 Å². The highest BCUT2D eigenvalue weighted by atomic mass is 16.5. The molecule has 8 heteroatoms. The van der Waals surface area contributed by atoms with Gasteiger partial charge in [0.15, 0.2) is 5.82 Å². The lowest BCUT2D eigenvalue weighted by molar-refractivity contribution is -0.120. The monoisotopic (exact) mass is 426 g/mol. The molecular formula is C24H22N6O2. The Hall–Kier alpha value is -3.94. The molecule has 8 nitrogen and oxygen atoms in total. The van der Waals surface area contributed by atoms with Gasteiger partial charge in [0, 0.05) is 35.8 Å². The number of methoxy groups -OCH3 is 1. The maximum Gasteiger partial charge on any atom is 0.238 e. The third-order valence-electron chi connectivity index (χ3n) is 6.81. The summed E-state index contributed by atoms with van der Waals surface area (Å²) in [5, 5.41) is 11.8. The van der Waals surface area contributed by atoms with Crippen LogP contribution in [-0.4, -0.2) is 40.2 Å². The maximum absolute atomic E-state index is 13.3. The van der Waals surface area contributed by atoms with Crippen molar-refractivity contribution in [1.82, 2.24) is 20.2 Å². The van der Waals surface area contributed by atoms with Gasteiger partial charge >= 0.3 is 0 Å². The number of nitrogens with one attached hydrogen (secondary N) is 2. The molecule has 1 amide bonds. The largest absolute Gasteiger partial charge is 0.497 e. The smallest absolute Gasteiger partial charge is 0.238 e. The number of amides is 1. The van der Waals surface area contributed by atoms with Gasteiger partial charge in [-0.2, -0.15) is 5.10 Å². The highest BCUT2D eigenvalue weighted by Crippen LogP contribution is 2.66. The van der Waals surface area contributed by atoms with Crippen LogP contribution in [0.4, 0.5) is 17.3 Å². The molecule has 1 saturated carbocycles. The highest BCUT2D eigenvalue weighted by molar-refractivity contribution is 6.11. The zero-order valence-electron chi connectivity index (χ0n) is 18.0. The fraction of sp³-hybridized carbons (Fsp3) is 0.250. The van der Waals surface area contributed by atoms with Crippen LogP contribution in [0.5, 0.6) is 5.75 Å². The van der Waals surface area contributed by atoms with Crippen molar-refractivity contribution in [2.45, 2.75) is 24.7 Å². The lowest BCUT2D eigenvalue weighted by Crippen LogP contribution is -2.29. The number of aromatic amines is 1. The van der Waals surface area contributed by atoms with E-state index in [0.29, 0.717) is 5.82 Å². The first-order valence-corrected chi connectivity index (χ1v) is 10.5. The van der Waals surface area contributed by atoms with Gasteiger partial charge < -0.3 is 15.0 Å². The number of H-pyrrole nitrogens is 1. The number of nitrogens with zero attached hydrogens (tertiary/aromatic N) is 4. The van der Waals surface area contributed by atoms with Gasteiger partial charge in [0.1, 0.15) is 17.9 Å². The molecule has 1 spiro atoms. The van der Waals surface area contributed by atoms with Crippen molar-refractivity contribution in [1.29, 1.82) is 0 Å². The molecular weight excluding hydrogens is 404 g/mol. The number of hydrogen-bond donors (Lipinski definition) is 2. The quantitative estimate of drug-likeness (QED) is 0.515. The van der Waals surface area contributed by atoms with Crippen LogP contribution >= 0.6 is 0 Å². The Kier molecular flexibility index (Phi) is 3.83. The van der Waals surface area contributed by atoms with Crippen LogP contribution in [0.2, 0.25) is 0 Å². The number of anilines is 3. The van der Waals surface area contributed by atoms with E-state index in [1.54, 1.807) is 18.2 Å². The number of carbonyl (C=O) groups is 1. The summed E-state index contributed by atoms with van der Waals surface area (Å²) in [5.74, 6) is 2.49. The second kappa shape index (κ2) is 6.53. The minimum absolute atomic E-state index is 0.124. The van der Waals surface area contributed by atoms with Gasteiger partial charge in [0.2, 0.25) is 5.91 Å². The Bertz CT molecular complexity index is 1400. The van der Waals surface area contributed by atoms with Crippen LogP contribution in [0.25, 0.3) is 10.9 Å². The molecule has 2 aromatic heterocycles. The molecule has 0 radical (unpaired) electrons. The van der Waals surface area contributed by atoms with E-state index in [2.05, 4.69) is 43.7 Å². The SMILES string of the molecule is COc1ccc2c(c1)[C@]1(C[C@H]1c1ccc3c(Nc4ncncc4C)n[nH]c3c1)C(=O)N2C. The van der Waals surface area contributed by atoms with Gasteiger partial charge in [-0.05, 0) is 54.8 Å². The van der Waals surface area contributed by atoms with Crippen molar-refractivity contribution < 1.29 is 9.53 Å². The second-order valence-corrected chi connectivity index (χ2v) is 8.53. The molecule has 2 N–H and O–H groups in total. The highest BCUT2D eigenvalue weighted by Gasteiger charge is 2.66. The number of aromatic nitrogens is 4. The Morgan fingerprint density at radius 2 is 2.09 bits per heavy atom. The summed E-state index contributed by atoms with van der Waals surface area (Å²) in [7, 11) is 3.50. The average molecular weight is 426 g/mol. The summed E-state index contributed by atoms with van der Waals surface area (Å²) in [4.78, 5) is 23.4. The Labute approximate surface area is 184 Å². The van der Waals surface area contributed by atoms with Gasteiger partial charge in [-0.1, -0.05) is 6.07 Å². The number of carbonyl (C=O) groups excluding carboxylic acids is 1. The Morgan fingerprint density at radius 1 is 1.22 bits per heavy atom. The van der Waals surface area contributed by atoms with E-state index >= 15 is 0 Å². The molecule has 1 fully saturated rings. The molecule has 2 atom stereocenters. The minimum atomic E-state index is -0.508. The lowest BCUT2D eigenvalue weighted by Gasteiger charge is -2.11. The van der Waals surface area contributed by atoms with E-state index in [-0.39, 0.29) is 11.8 Å².